The maximum absolute atomic E-state index is 14.1. The molecule has 0 saturated heterocycles. The molecule has 0 heterocycles. The number of carbonyl (C=O) groups excluding carboxylic acids is 2. The number of nitrogens with one attached hydrogen (secondary N) is 1. The van der Waals surface area contributed by atoms with Crippen LogP contribution in [0.25, 0.3) is 0 Å². The summed E-state index contributed by atoms with van der Waals surface area (Å²) in [7, 11) is -2.84. The van der Waals surface area contributed by atoms with Crippen LogP contribution in [0.1, 0.15) is 43.9 Å². The van der Waals surface area contributed by atoms with Crippen LogP contribution in [-0.2, 0) is 26.2 Å². The Bertz CT molecular complexity index is 1480. The molecule has 0 aliphatic heterocycles. The molecular weight excluding hydrogens is 562 g/mol. The number of carbonyl (C=O) groups is 2. The van der Waals surface area contributed by atoms with Gasteiger partial charge in [-0.15, -0.1) is 0 Å². The molecule has 0 aromatic heterocycles. The Morgan fingerprint density at radius 2 is 1.66 bits per heavy atom. The number of anilines is 1. The minimum Gasteiger partial charge on any atom is -0.495 e. The van der Waals surface area contributed by atoms with E-state index in [1.165, 1.54) is 30.2 Å². The Morgan fingerprint density at radius 1 is 0.976 bits per heavy atom. The maximum atomic E-state index is 14.1. The first-order valence-electron chi connectivity index (χ1n) is 13.5. The van der Waals surface area contributed by atoms with Gasteiger partial charge in [0.1, 0.15) is 18.3 Å². The fraction of sp³-hybridized carbons (Fsp3) is 0.355. The van der Waals surface area contributed by atoms with E-state index < -0.39 is 28.5 Å². The lowest BCUT2D eigenvalue weighted by molar-refractivity contribution is -0.139. The van der Waals surface area contributed by atoms with E-state index >= 15 is 0 Å². The number of hydrogen-bond acceptors (Lipinski definition) is 5. The van der Waals surface area contributed by atoms with Crippen LogP contribution in [0.3, 0.4) is 0 Å². The van der Waals surface area contributed by atoms with Crippen molar-refractivity contribution in [3.8, 4) is 5.75 Å². The van der Waals surface area contributed by atoms with Gasteiger partial charge in [0.15, 0.2) is 0 Å². The number of benzene rings is 3. The second-order valence-electron chi connectivity index (χ2n) is 10.1. The van der Waals surface area contributed by atoms with Crippen LogP contribution >= 0.6 is 11.6 Å². The third-order valence-electron chi connectivity index (χ3n) is 6.90. The van der Waals surface area contributed by atoms with E-state index in [2.05, 4.69) is 5.32 Å². The highest BCUT2D eigenvalue weighted by molar-refractivity contribution is 7.92. The van der Waals surface area contributed by atoms with Gasteiger partial charge in [0.2, 0.25) is 11.8 Å². The highest BCUT2D eigenvalue weighted by atomic mass is 35.5. The van der Waals surface area contributed by atoms with Crippen LogP contribution in [-0.4, -0.2) is 50.9 Å². The summed E-state index contributed by atoms with van der Waals surface area (Å²) in [6.45, 7) is 8.81. The molecule has 2 atom stereocenters. The fourth-order valence-corrected chi connectivity index (χ4v) is 5.85. The minimum absolute atomic E-state index is 0.00530. The number of aryl methyl sites for hydroxylation is 2. The van der Waals surface area contributed by atoms with Crippen LogP contribution in [0, 0.1) is 13.8 Å². The smallest absolute Gasteiger partial charge is 0.264 e. The Morgan fingerprint density at radius 3 is 2.27 bits per heavy atom. The number of sulfonamides is 1. The second-order valence-corrected chi connectivity index (χ2v) is 12.4. The second kappa shape index (κ2) is 13.9. The molecule has 0 aliphatic rings. The molecule has 0 saturated carbocycles. The average molecular weight is 600 g/mol. The third kappa shape index (κ3) is 8.01. The zero-order chi connectivity index (χ0) is 30.3. The maximum Gasteiger partial charge on any atom is 0.264 e. The Kier molecular flexibility index (Phi) is 10.8. The molecule has 10 heteroatoms. The first kappa shape index (κ1) is 32.0. The summed E-state index contributed by atoms with van der Waals surface area (Å²) < 4.78 is 34.6. The summed E-state index contributed by atoms with van der Waals surface area (Å²) >= 11 is 6.28. The summed E-state index contributed by atoms with van der Waals surface area (Å²) in [6.07, 6.45) is 0.724. The first-order valence-corrected chi connectivity index (χ1v) is 15.3. The van der Waals surface area contributed by atoms with E-state index in [1.807, 2.05) is 52.0 Å². The molecule has 3 aromatic rings. The Labute approximate surface area is 248 Å². The Hall–Kier alpha value is -3.56. The van der Waals surface area contributed by atoms with Gasteiger partial charge in [-0.2, -0.15) is 0 Å². The topological polar surface area (TPSA) is 96.0 Å². The first-order chi connectivity index (χ1) is 19.4. The summed E-state index contributed by atoms with van der Waals surface area (Å²) in [5.74, 6) is -0.657. The van der Waals surface area contributed by atoms with Crippen LogP contribution < -0.4 is 14.4 Å². The largest absolute Gasteiger partial charge is 0.495 e. The molecule has 0 radical (unpaired) electrons. The molecule has 0 aliphatic carbocycles. The van der Waals surface area contributed by atoms with Crippen LogP contribution in [0.5, 0.6) is 5.75 Å². The van der Waals surface area contributed by atoms with Gasteiger partial charge in [0.05, 0.1) is 17.7 Å². The lowest BCUT2D eigenvalue weighted by Crippen LogP contribution is -2.52. The van der Waals surface area contributed by atoms with Gasteiger partial charge in [0, 0.05) is 17.6 Å². The zero-order valence-electron chi connectivity index (χ0n) is 24.3. The molecule has 0 bridgehead atoms. The normalized spacial score (nSPS) is 12.8. The molecule has 220 valence electrons. The van der Waals surface area contributed by atoms with E-state index in [-0.39, 0.29) is 39.8 Å². The van der Waals surface area contributed by atoms with Crippen molar-refractivity contribution in [1.29, 1.82) is 0 Å². The van der Waals surface area contributed by atoms with Crippen molar-refractivity contribution < 1.29 is 22.7 Å². The van der Waals surface area contributed by atoms with Gasteiger partial charge in [-0.3, -0.25) is 13.9 Å². The zero-order valence-corrected chi connectivity index (χ0v) is 25.9. The number of rotatable bonds is 12. The van der Waals surface area contributed by atoms with Gasteiger partial charge >= 0.3 is 0 Å². The van der Waals surface area contributed by atoms with Gasteiger partial charge in [0.25, 0.3) is 10.0 Å². The fourth-order valence-electron chi connectivity index (χ4n) is 4.26. The van der Waals surface area contributed by atoms with Crippen LogP contribution in [0.15, 0.2) is 71.6 Å². The molecule has 41 heavy (non-hydrogen) atoms. The van der Waals surface area contributed by atoms with Gasteiger partial charge in [-0.05, 0) is 70.0 Å². The number of amides is 2. The van der Waals surface area contributed by atoms with E-state index in [9.17, 15) is 18.0 Å². The van der Waals surface area contributed by atoms with Crippen molar-refractivity contribution in [2.45, 2.75) is 64.6 Å². The third-order valence-corrected chi connectivity index (χ3v) is 8.91. The lowest BCUT2D eigenvalue weighted by Gasteiger charge is -2.33. The average Bonchev–Trinajstić information content (AvgIpc) is 2.94. The minimum atomic E-state index is -4.25. The van der Waals surface area contributed by atoms with E-state index in [4.69, 9.17) is 16.3 Å². The molecule has 8 nitrogen and oxygen atoms in total. The van der Waals surface area contributed by atoms with Crippen molar-refractivity contribution >= 4 is 39.1 Å². The number of hydrogen-bond donors (Lipinski definition) is 1. The molecule has 0 unspecified atom stereocenters. The summed E-state index contributed by atoms with van der Waals surface area (Å²) in [5, 5.41) is 3.21. The lowest BCUT2D eigenvalue weighted by atomic mass is 10.1. The number of halogens is 1. The highest BCUT2D eigenvalue weighted by Gasteiger charge is 2.34. The summed E-state index contributed by atoms with van der Waals surface area (Å²) in [5.41, 5.74) is 2.81. The molecule has 0 spiro atoms. The molecule has 3 rings (SSSR count). The number of nitrogens with zero attached hydrogens (tertiary/aromatic N) is 2. The van der Waals surface area contributed by atoms with Crippen molar-refractivity contribution in [1.82, 2.24) is 10.2 Å². The van der Waals surface area contributed by atoms with E-state index in [0.717, 1.165) is 27.4 Å². The monoisotopic (exact) mass is 599 g/mol. The van der Waals surface area contributed by atoms with Crippen molar-refractivity contribution in [2.75, 3.05) is 18.0 Å². The van der Waals surface area contributed by atoms with Gasteiger partial charge in [-0.25, -0.2) is 8.42 Å². The summed E-state index contributed by atoms with van der Waals surface area (Å²) in [4.78, 5) is 28.7. The predicted molar refractivity (Wildman–Crippen MR) is 163 cm³/mol. The van der Waals surface area contributed by atoms with Gasteiger partial charge < -0.3 is 15.0 Å². The molecule has 2 amide bonds. The number of methoxy groups -OCH3 is 1. The van der Waals surface area contributed by atoms with Crippen molar-refractivity contribution in [3.63, 3.8) is 0 Å². The quantitative estimate of drug-likeness (QED) is 0.297. The number of ether oxygens (including phenoxy) is 1. The van der Waals surface area contributed by atoms with Gasteiger partial charge in [-0.1, -0.05) is 66.0 Å². The van der Waals surface area contributed by atoms with E-state index in [1.54, 1.807) is 31.2 Å². The highest BCUT2D eigenvalue weighted by Crippen LogP contribution is 2.35. The van der Waals surface area contributed by atoms with Crippen molar-refractivity contribution in [3.05, 3.63) is 88.4 Å². The molecular formula is C31H38ClN3O5S. The Balaban J connectivity index is 2.10. The predicted octanol–water partition coefficient (Wildman–Crippen LogP) is 5.49. The molecule has 1 N–H and O–H groups in total. The van der Waals surface area contributed by atoms with Crippen molar-refractivity contribution in [2.24, 2.45) is 0 Å². The van der Waals surface area contributed by atoms with E-state index in [0.29, 0.717) is 0 Å². The molecule has 0 fully saturated rings. The summed E-state index contributed by atoms with van der Waals surface area (Å²) in [6, 6.07) is 17.6. The molecule has 3 aromatic carbocycles. The van der Waals surface area contributed by atoms with Crippen LogP contribution in [0.4, 0.5) is 5.69 Å². The van der Waals surface area contributed by atoms with Crippen LogP contribution in [0.2, 0.25) is 5.02 Å². The standard InChI is InChI=1S/C31H38ClN3O5S/c1-7-23(4)33-31(37)24(5)34(19-25-10-8-9-22(3)17-25)30(36)20-35(28-18-26(32)13-16-29(28)40-6)41(38,39)27-14-11-21(2)12-15-27/h8-18,23-24H,7,19-20H2,1-6H3,(H,33,37)/t23-,24-/m1/s1. The SMILES string of the molecule is CC[C@@H](C)NC(=O)[C@@H](C)N(Cc1cccc(C)c1)C(=O)CN(c1cc(Cl)ccc1OC)S(=O)(=O)c1ccc(C)cc1.